The van der Waals surface area contributed by atoms with Gasteiger partial charge < -0.3 is 25.0 Å². The number of aliphatic carboxylic acids is 2. The highest BCUT2D eigenvalue weighted by Gasteiger charge is 2.05. The topological polar surface area (TPSA) is 105 Å². The number of ether oxygens (including phenoxy) is 2. The van der Waals surface area contributed by atoms with Crippen molar-refractivity contribution in [2.45, 2.75) is 0 Å². The van der Waals surface area contributed by atoms with E-state index in [0.29, 0.717) is 6.61 Å². The summed E-state index contributed by atoms with van der Waals surface area (Å²) in [4.78, 5) is 18.2. The minimum absolute atomic E-state index is 0.646. The zero-order valence-electron chi connectivity index (χ0n) is 14.6. The molecule has 7 heteroatoms. The molecule has 0 heterocycles. The smallest absolute Gasteiger partial charge is 0.414 e. The Bertz CT molecular complexity index is 663. The van der Waals surface area contributed by atoms with Crippen LogP contribution in [0.1, 0.15) is 0 Å². The summed E-state index contributed by atoms with van der Waals surface area (Å²) in [5.41, 5.74) is 2.31. The van der Waals surface area contributed by atoms with Crippen LogP contribution in [-0.4, -0.2) is 55.6 Å². The number of carbonyl (C=O) groups is 2. The van der Waals surface area contributed by atoms with Gasteiger partial charge in [-0.25, -0.2) is 9.59 Å². The van der Waals surface area contributed by atoms with Crippen molar-refractivity contribution >= 4 is 11.9 Å². The van der Waals surface area contributed by atoms with Crippen LogP contribution < -0.4 is 10.1 Å². The van der Waals surface area contributed by atoms with Gasteiger partial charge in [-0.05, 0) is 11.6 Å². The van der Waals surface area contributed by atoms with Gasteiger partial charge in [0, 0.05) is 25.8 Å². The molecule has 2 rings (SSSR count). The molecule has 0 bridgehead atoms. The lowest BCUT2D eigenvalue weighted by Crippen LogP contribution is -2.24. The average molecular weight is 361 g/mol. The number of hydrogen-bond acceptors (Lipinski definition) is 5. The molecular formula is C19H23NO6. The van der Waals surface area contributed by atoms with Gasteiger partial charge in [0.05, 0.1) is 6.61 Å². The van der Waals surface area contributed by atoms with Crippen LogP contribution in [0, 0.1) is 0 Å². The van der Waals surface area contributed by atoms with Crippen LogP contribution in [0.3, 0.4) is 0 Å². The molecule has 0 aliphatic heterocycles. The van der Waals surface area contributed by atoms with Crippen LogP contribution in [0.5, 0.6) is 5.75 Å². The average Bonchev–Trinajstić information content (AvgIpc) is 2.66. The monoisotopic (exact) mass is 361 g/mol. The van der Waals surface area contributed by atoms with Crippen molar-refractivity contribution in [2.75, 3.05) is 33.4 Å². The number of methoxy groups -OCH3 is 1. The van der Waals surface area contributed by atoms with E-state index in [1.165, 1.54) is 5.56 Å². The predicted molar refractivity (Wildman–Crippen MR) is 97.4 cm³/mol. The Balaban J connectivity index is 0.000000487. The summed E-state index contributed by atoms with van der Waals surface area (Å²) >= 11 is 0. The van der Waals surface area contributed by atoms with E-state index >= 15 is 0 Å². The molecule has 0 atom stereocenters. The van der Waals surface area contributed by atoms with E-state index in [-0.39, 0.29) is 0 Å². The van der Waals surface area contributed by atoms with Crippen LogP contribution in [-0.2, 0) is 14.3 Å². The van der Waals surface area contributed by atoms with Gasteiger partial charge >= 0.3 is 11.9 Å². The van der Waals surface area contributed by atoms with Crippen LogP contribution >= 0.6 is 0 Å². The zero-order valence-corrected chi connectivity index (χ0v) is 14.6. The first-order valence-corrected chi connectivity index (χ1v) is 7.99. The second kappa shape index (κ2) is 12.5. The molecule has 0 aliphatic carbocycles. The molecule has 0 aromatic heterocycles. The summed E-state index contributed by atoms with van der Waals surface area (Å²) in [6.45, 7) is 3.03. The van der Waals surface area contributed by atoms with E-state index in [9.17, 15) is 0 Å². The lowest BCUT2D eigenvalue weighted by atomic mass is 10.1. The number of carboxylic acids is 2. The van der Waals surface area contributed by atoms with Gasteiger partial charge in [-0.1, -0.05) is 48.5 Å². The van der Waals surface area contributed by atoms with Crippen molar-refractivity contribution in [3.8, 4) is 16.9 Å². The maximum atomic E-state index is 9.10. The fourth-order valence-corrected chi connectivity index (χ4v) is 1.98. The second-order valence-electron chi connectivity index (χ2n) is 5.06. The van der Waals surface area contributed by atoms with E-state index in [2.05, 4.69) is 23.5 Å². The quantitative estimate of drug-likeness (QED) is 0.488. The number of hydrogen-bond donors (Lipinski definition) is 3. The van der Waals surface area contributed by atoms with Gasteiger partial charge in [0.15, 0.2) is 0 Å². The first-order chi connectivity index (χ1) is 12.6. The maximum Gasteiger partial charge on any atom is 0.414 e. The summed E-state index contributed by atoms with van der Waals surface area (Å²) in [6, 6.07) is 18.4. The summed E-state index contributed by atoms with van der Waals surface area (Å²) in [7, 11) is 1.70. The lowest BCUT2D eigenvalue weighted by molar-refractivity contribution is -0.159. The van der Waals surface area contributed by atoms with Crippen molar-refractivity contribution in [1.82, 2.24) is 5.32 Å². The van der Waals surface area contributed by atoms with Gasteiger partial charge in [0.25, 0.3) is 0 Å². The number of para-hydroxylation sites is 1. The molecule has 7 nitrogen and oxygen atoms in total. The van der Waals surface area contributed by atoms with Gasteiger partial charge in [0.2, 0.25) is 0 Å². The van der Waals surface area contributed by atoms with Crippen LogP contribution in [0.4, 0.5) is 0 Å². The Kier molecular flexibility index (Phi) is 10.1. The highest BCUT2D eigenvalue weighted by molar-refractivity contribution is 6.27. The molecular weight excluding hydrogens is 338 g/mol. The summed E-state index contributed by atoms with van der Waals surface area (Å²) < 4.78 is 10.8. The molecule has 26 heavy (non-hydrogen) atoms. The number of nitrogens with one attached hydrogen (secondary N) is 1. The molecule has 0 saturated carbocycles. The van der Waals surface area contributed by atoms with E-state index in [1.54, 1.807) is 7.11 Å². The molecule has 0 unspecified atom stereocenters. The Labute approximate surface area is 152 Å². The zero-order chi connectivity index (χ0) is 19.2. The highest BCUT2D eigenvalue weighted by Crippen LogP contribution is 2.29. The standard InChI is InChI=1S/C17H21NO2.C2H2O4/c1-19-13-11-18-12-14-20-17-10-6-5-9-16(17)15-7-3-2-4-8-15;3-1(4)2(5)6/h2-10,18H,11-14H2,1H3;(H,3,4)(H,5,6). The van der Waals surface area contributed by atoms with Crippen molar-refractivity contribution in [1.29, 1.82) is 0 Å². The Hall–Kier alpha value is -2.90. The maximum absolute atomic E-state index is 9.10. The van der Waals surface area contributed by atoms with Crippen molar-refractivity contribution in [3.05, 3.63) is 54.6 Å². The summed E-state index contributed by atoms with van der Waals surface area (Å²) in [5.74, 6) is -2.72. The SMILES string of the molecule is COCCNCCOc1ccccc1-c1ccccc1.O=C(O)C(=O)O. The molecule has 0 saturated heterocycles. The van der Waals surface area contributed by atoms with E-state index < -0.39 is 11.9 Å². The largest absolute Gasteiger partial charge is 0.492 e. The first-order valence-electron chi connectivity index (χ1n) is 7.99. The lowest BCUT2D eigenvalue weighted by Gasteiger charge is -2.12. The number of benzene rings is 2. The number of rotatable bonds is 8. The fourth-order valence-electron chi connectivity index (χ4n) is 1.98. The third-order valence-electron chi connectivity index (χ3n) is 3.17. The van der Waals surface area contributed by atoms with Gasteiger partial charge in [-0.2, -0.15) is 0 Å². The minimum Gasteiger partial charge on any atom is -0.492 e. The van der Waals surface area contributed by atoms with E-state index in [0.717, 1.165) is 31.0 Å². The summed E-state index contributed by atoms with van der Waals surface area (Å²) in [6.07, 6.45) is 0. The molecule has 0 aliphatic rings. The van der Waals surface area contributed by atoms with Crippen molar-refractivity contribution in [2.24, 2.45) is 0 Å². The molecule has 0 fully saturated rings. The van der Waals surface area contributed by atoms with Gasteiger partial charge in [0.1, 0.15) is 12.4 Å². The molecule has 0 amide bonds. The first kappa shape index (κ1) is 21.1. The van der Waals surface area contributed by atoms with E-state index in [1.807, 2.05) is 36.4 Å². The molecule has 0 radical (unpaired) electrons. The van der Waals surface area contributed by atoms with Gasteiger partial charge in [-0.15, -0.1) is 0 Å². The summed E-state index contributed by atoms with van der Waals surface area (Å²) in [5, 5.41) is 18.0. The second-order valence-corrected chi connectivity index (χ2v) is 5.06. The van der Waals surface area contributed by atoms with E-state index in [4.69, 9.17) is 29.3 Å². The van der Waals surface area contributed by atoms with Gasteiger partial charge in [-0.3, -0.25) is 0 Å². The Morgan fingerprint density at radius 2 is 1.46 bits per heavy atom. The normalized spacial score (nSPS) is 9.73. The third kappa shape index (κ3) is 8.27. The molecule has 3 N–H and O–H groups in total. The molecule has 0 spiro atoms. The van der Waals surface area contributed by atoms with Crippen molar-refractivity contribution in [3.63, 3.8) is 0 Å². The fraction of sp³-hybridized carbons (Fsp3) is 0.263. The highest BCUT2D eigenvalue weighted by atomic mass is 16.5. The molecule has 140 valence electrons. The minimum atomic E-state index is -1.82. The Morgan fingerprint density at radius 3 is 2.08 bits per heavy atom. The molecule has 2 aromatic carbocycles. The van der Waals surface area contributed by atoms with Crippen molar-refractivity contribution < 1.29 is 29.3 Å². The van der Waals surface area contributed by atoms with Crippen LogP contribution in [0.2, 0.25) is 0 Å². The van der Waals surface area contributed by atoms with Crippen LogP contribution in [0.25, 0.3) is 11.1 Å². The predicted octanol–water partition coefficient (Wildman–Crippen LogP) is 2.12. The third-order valence-corrected chi connectivity index (χ3v) is 3.17. The Morgan fingerprint density at radius 1 is 0.885 bits per heavy atom. The molecule has 2 aromatic rings. The number of carboxylic acid groups (broad SMARTS) is 2. The van der Waals surface area contributed by atoms with Crippen LogP contribution in [0.15, 0.2) is 54.6 Å².